The van der Waals surface area contributed by atoms with Gasteiger partial charge in [0.2, 0.25) is 0 Å². The average Bonchev–Trinajstić information content (AvgIpc) is 2.69. The van der Waals surface area contributed by atoms with Crippen LogP contribution in [0.5, 0.6) is 0 Å². The van der Waals surface area contributed by atoms with Crippen LogP contribution in [0.4, 0.5) is 0 Å². The minimum Gasteiger partial charge on any atom is -0.315 e. The number of hydrogen-bond donors (Lipinski definition) is 2. The lowest BCUT2D eigenvalue weighted by Gasteiger charge is -2.43. The van der Waals surface area contributed by atoms with Gasteiger partial charge in [-0.1, -0.05) is 32.0 Å². The zero-order chi connectivity index (χ0) is 14.9. The predicted octanol–water partition coefficient (Wildman–Crippen LogP) is 2.41. The molecular formula is C14H26N4OS. The van der Waals surface area contributed by atoms with Gasteiger partial charge >= 0.3 is 5.69 Å². The Morgan fingerprint density at radius 2 is 2.20 bits per heavy atom. The van der Waals surface area contributed by atoms with Gasteiger partial charge in [-0.25, -0.2) is 9.89 Å². The third kappa shape index (κ3) is 2.96. The van der Waals surface area contributed by atoms with E-state index in [0.29, 0.717) is 11.3 Å². The molecule has 0 amide bonds. The van der Waals surface area contributed by atoms with Gasteiger partial charge in [0.25, 0.3) is 0 Å². The molecule has 5 nitrogen and oxygen atoms in total. The molecule has 0 aromatic carbocycles. The lowest BCUT2D eigenvalue weighted by Crippen LogP contribution is -2.50. The highest BCUT2D eigenvalue weighted by Crippen LogP contribution is 2.42. The summed E-state index contributed by atoms with van der Waals surface area (Å²) >= 11 is 1.73. The summed E-state index contributed by atoms with van der Waals surface area (Å²) < 4.78 is 1.75. The number of nitrogens with one attached hydrogen (secondary N) is 2. The highest BCUT2D eigenvalue weighted by molar-refractivity contribution is 7.99. The number of rotatable bonds is 4. The van der Waals surface area contributed by atoms with E-state index in [4.69, 9.17) is 0 Å². The van der Waals surface area contributed by atoms with Crippen LogP contribution in [0.25, 0.3) is 0 Å². The normalized spacial score (nSPS) is 26.1. The number of aromatic amines is 1. The van der Waals surface area contributed by atoms with Crippen LogP contribution in [-0.2, 0) is 0 Å². The number of H-pyrrole nitrogens is 1. The first-order chi connectivity index (χ1) is 9.36. The summed E-state index contributed by atoms with van der Waals surface area (Å²) in [5.41, 5.74) is 0.169. The smallest absolute Gasteiger partial charge is 0.315 e. The van der Waals surface area contributed by atoms with Crippen molar-refractivity contribution in [2.24, 2.45) is 5.41 Å². The lowest BCUT2D eigenvalue weighted by atomic mass is 9.73. The summed E-state index contributed by atoms with van der Waals surface area (Å²) in [4.78, 5) is 11.8. The molecule has 0 spiro atoms. The van der Waals surface area contributed by atoms with Crippen molar-refractivity contribution < 1.29 is 0 Å². The van der Waals surface area contributed by atoms with Gasteiger partial charge in [-0.2, -0.15) is 0 Å². The third-order valence-electron chi connectivity index (χ3n) is 4.28. The van der Waals surface area contributed by atoms with Crippen LogP contribution in [0.15, 0.2) is 9.95 Å². The van der Waals surface area contributed by atoms with Gasteiger partial charge in [0.1, 0.15) is 0 Å². The number of aromatic nitrogens is 3. The maximum Gasteiger partial charge on any atom is 0.344 e. The minimum absolute atomic E-state index is 0.112. The molecule has 1 aliphatic rings. The summed E-state index contributed by atoms with van der Waals surface area (Å²) in [6, 6.07) is 0.571. The molecule has 6 heteroatoms. The van der Waals surface area contributed by atoms with Gasteiger partial charge < -0.3 is 5.32 Å². The van der Waals surface area contributed by atoms with Crippen LogP contribution in [-0.4, -0.2) is 33.1 Å². The zero-order valence-electron chi connectivity index (χ0n) is 13.1. The van der Waals surface area contributed by atoms with E-state index in [0.717, 1.165) is 5.16 Å². The first kappa shape index (κ1) is 15.6. The number of nitrogens with zero attached hydrogens (tertiary/aromatic N) is 2. The molecular weight excluding hydrogens is 272 g/mol. The Morgan fingerprint density at radius 1 is 1.50 bits per heavy atom. The Balaban J connectivity index is 2.23. The Bertz CT molecular complexity index is 506. The molecule has 0 aliphatic heterocycles. The highest BCUT2D eigenvalue weighted by Gasteiger charge is 2.39. The molecule has 0 radical (unpaired) electrons. The van der Waals surface area contributed by atoms with E-state index in [1.807, 2.05) is 20.9 Å². The van der Waals surface area contributed by atoms with Gasteiger partial charge in [0.15, 0.2) is 5.16 Å². The molecule has 2 rings (SSSR count). The van der Waals surface area contributed by atoms with Crippen molar-refractivity contribution in [2.45, 2.75) is 69.4 Å². The summed E-state index contributed by atoms with van der Waals surface area (Å²) in [7, 11) is 2.03. The first-order valence-electron chi connectivity index (χ1n) is 7.37. The molecule has 1 aromatic rings. The third-order valence-corrected chi connectivity index (χ3v) is 5.59. The van der Waals surface area contributed by atoms with Crippen molar-refractivity contribution in [3.63, 3.8) is 0 Å². The molecule has 2 N–H and O–H groups in total. The van der Waals surface area contributed by atoms with Crippen LogP contribution in [0.2, 0.25) is 0 Å². The Morgan fingerprint density at radius 3 is 2.80 bits per heavy atom. The largest absolute Gasteiger partial charge is 0.344 e. The van der Waals surface area contributed by atoms with Gasteiger partial charge in [0, 0.05) is 17.3 Å². The van der Waals surface area contributed by atoms with Crippen LogP contribution in [0, 0.1) is 5.41 Å². The maximum absolute atomic E-state index is 11.8. The van der Waals surface area contributed by atoms with E-state index >= 15 is 0 Å². The van der Waals surface area contributed by atoms with E-state index in [1.165, 1.54) is 19.3 Å². The molecule has 0 saturated heterocycles. The Kier molecular flexibility index (Phi) is 4.64. The Labute approximate surface area is 124 Å². The van der Waals surface area contributed by atoms with Crippen molar-refractivity contribution in [1.29, 1.82) is 0 Å². The average molecular weight is 298 g/mol. The molecule has 1 heterocycles. The zero-order valence-corrected chi connectivity index (χ0v) is 13.9. The van der Waals surface area contributed by atoms with Crippen LogP contribution >= 0.6 is 11.8 Å². The second-order valence-electron chi connectivity index (χ2n) is 6.58. The van der Waals surface area contributed by atoms with Crippen molar-refractivity contribution in [3.8, 4) is 0 Å². The van der Waals surface area contributed by atoms with Crippen molar-refractivity contribution in [2.75, 3.05) is 7.05 Å². The molecule has 20 heavy (non-hydrogen) atoms. The van der Waals surface area contributed by atoms with E-state index in [9.17, 15) is 4.79 Å². The lowest BCUT2D eigenvalue weighted by molar-refractivity contribution is 0.182. The molecule has 1 aliphatic carbocycles. The number of thioether (sulfide) groups is 1. The summed E-state index contributed by atoms with van der Waals surface area (Å²) in [5, 5.41) is 11.5. The quantitative estimate of drug-likeness (QED) is 0.896. The van der Waals surface area contributed by atoms with E-state index in [1.54, 1.807) is 16.3 Å². The van der Waals surface area contributed by atoms with Crippen LogP contribution in [0.1, 0.15) is 53.0 Å². The number of hydrogen-bond acceptors (Lipinski definition) is 4. The van der Waals surface area contributed by atoms with Crippen LogP contribution < -0.4 is 11.0 Å². The summed E-state index contributed by atoms with van der Waals surface area (Å²) in [5.74, 6) is 0. The molecule has 1 aromatic heterocycles. The fourth-order valence-electron chi connectivity index (χ4n) is 3.25. The molecule has 114 valence electrons. The SMILES string of the molecule is CNC1C(Sc2n[nH]c(=O)n2C(C)C)CCCC1(C)C. The van der Waals surface area contributed by atoms with Crippen LogP contribution in [0.3, 0.4) is 0 Å². The second-order valence-corrected chi connectivity index (χ2v) is 7.78. The molecule has 2 unspecified atom stereocenters. The van der Waals surface area contributed by atoms with Crippen molar-refractivity contribution in [1.82, 2.24) is 20.1 Å². The van der Waals surface area contributed by atoms with E-state index in [-0.39, 0.29) is 17.1 Å². The predicted molar refractivity (Wildman–Crippen MR) is 83.4 cm³/mol. The molecule has 1 fully saturated rings. The molecule has 0 bridgehead atoms. The van der Waals surface area contributed by atoms with Gasteiger partial charge in [0.05, 0.1) is 0 Å². The van der Waals surface area contributed by atoms with E-state index in [2.05, 4.69) is 29.4 Å². The van der Waals surface area contributed by atoms with E-state index < -0.39 is 0 Å². The standard InChI is InChI=1S/C14H26N4OS/c1-9(2)18-12(19)16-17-13(18)20-10-7-6-8-14(3,4)11(10)15-5/h9-11,15H,6-8H2,1-5H3,(H,16,19). The van der Waals surface area contributed by atoms with Crippen molar-refractivity contribution >= 4 is 11.8 Å². The first-order valence-corrected chi connectivity index (χ1v) is 8.25. The van der Waals surface area contributed by atoms with Gasteiger partial charge in [-0.3, -0.25) is 4.57 Å². The van der Waals surface area contributed by atoms with Crippen molar-refractivity contribution in [3.05, 3.63) is 10.5 Å². The monoisotopic (exact) mass is 298 g/mol. The van der Waals surface area contributed by atoms with Gasteiger partial charge in [-0.05, 0) is 39.2 Å². The topological polar surface area (TPSA) is 62.7 Å². The second kappa shape index (κ2) is 5.93. The highest BCUT2D eigenvalue weighted by atomic mass is 32.2. The fourth-order valence-corrected chi connectivity index (χ4v) is 4.95. The minimum atomic E-state index is -0.112. The Hall–Kier alpha value is -0.750. The maximum atomic E-state index is 11.8. The van der Waals surface area contributed by atoms with Gasteiger partial charge in [-0.15, -0.1) is 5.10 Å². The summed E-state index contributed by atoms with van der Waals surface area (Å²) in [6.45, 7) is 8.67. The molecule has 2 atom stereocenters. The summed E-state index contributed by atoms with van der Waals surface area (Å²) in [6.07, 6.45) is 3.64. The molecule has 1 saturated carbocycles. The fraction of sp³-hybridized carbons (Fsp3) is 0.857.